The number of aliphatic hydroxyl groups excluding tert-OH is 1. The van der Waals surface area contributed by atoms with Crippen molar-refractivity contribution < 1.29 is 9.84 Å². The van der Waals surface area contributed by atoms with Gasteiger partial charge in [0.05, 0.1) is 0 Å². The number of rotatable bonds is 5. The van der Waals surface area contributed by atoms with E-state index in [1.165, 1.54) is 0 Å². The first kappa shape index (κ1) is 8.66. The van der Waals surface area contributed by atoms with Crippen molar-refractivity contribution in [1.29, 1.82) is 0 Å². The van der Waals surface area contributed by atoms with Gasteiger partial charge in [-0.3, -0.25) is 0 Å². The fourth-order valence-electron chi connectivity index (χ4n) is 0.536. The van der Waals surface area contributed by atoms with Gasteiger partial charge in [0, 0.05) is 13.0 Å². The molecule has 0 amide bonds. The Morgan fingerprint density at radius 3 is 2.89 bits per heavy atom. The first-order valence-electron chi connectivity index (χ1n) is 3.21. The van der Waals surface area contributed by atoms with Crippen LogP contribution in [0.5, 0.6) is 0 Å². The second-order valence-corrected chi connectivity index (χ2v) is 1.78. The summed E-state index contributed by atoms with van der Waals surface area (Å²) >= 11 is 0. The van der Waals surface area contributed by atoms with E-state index in [0.29, 0.717) is 13.0 Å². The van der Waals surface area contributed by atoms with Crippen molar-refractivity contribution in [3.8, 4) is 0 Å². The van der Waals surface area contributed by atoms with Crippen LogP contribution in [0.3, 0.4) is 0 Å². The maximum absolute atomic E-state index is 8.91. The minimum atomic E-state index is -0.604. The molecule has 0 heterocycles. The summed E-state index contributed by atoms with van der Waals surface area (Å²) in [7, 11) is 0. The summed E-state index contributed by atoms with van der Waals surface area (Å²) < 4.78 is 4.85. The fraction of sp³-hybridized carbons (Fsp3) is 0.714. The second-order valence-electron chi connectivity index (χ2n) is 1.78. The van der Waals surface area contributed by atoms with Crippen LogP contribution in [0.4, 0.5) is 0 Å². The van der Waals surface area contributed by atoms with Gasteiger partial charge in [-0.05, 0) is 13.3 Å². The minimum Gasteiger partial charge on any atom is -0.368 e. The highest BCUT2D eigenvalue weighted by atomic mass is 16.6. The third-order valence-electron chi connectivity index (χ3n) is 0.977. The van der Waals surface area contributed by atoms with Gasteiger partial charge in [-0.2, -0.15) is 0 Å². The summed E-state index contributed by atoms with van der Waals surface area (Å²) in [5, 5.41) is 8.91. The molecule has 1 atom stereocenters. The molecular weight excluding hydrogens is 116 g/mol. The summed E-state index contributed by atoms with van der Waals surface area (Å²) in [5.74, 6) is 0. The molecule has 2 nitrogen and oxygen atoms in total. The molecule has 0 aromatic heterocycles. The van der Waals surface area contributed by atoms with Crippen molar-refractivity contribution in [2.24, 2.45) is 0 Å². The van der Waals surface area contributed by atoms with Gasteiger partial charge in [-0.1, -0.05) is 6.08 Å². The predicted molar refractivity (Wildman–Crippen MR) is 37.1 cm³/mol. The Morgan fingerprint density at radius 2 is 2.44 bits per heavy atom. The number of ether oxygens (including phenoxy) is 1. The van der Waals surface area contributed by atoms with Crippen molar-refractivity contribution >= 4 is 0 Å². The average molecular weight is 130 g/mol. The van der Waals surface area contributed by atoms with Crippen molar-refractivity contribution in [2.45, 2.75) is 26.1 Å². The number of hydrogen-bond donors (Lipinski definition) is 1. The maximum Gasteiger partial charge on any atom is 0.154 e. The van der Waals surface area contributed by atoms with Crippen LogP contribution in [-0.4, -0.2) is 18.0 Å². The Hall–Kier alpha value is -0.340. The normalized spacial score (nSPS) is 13.1. The molecular formula is C7H14O2. The molecule has 1 N–H and O–H groups in total. The molecule has 0 rings (SSSR count). The van der Waals surface area contributed by atoms with Gasteiger partial charge >= 0.3 is 0 Å². The van der Waals surface area contributed by atoms with Crippen LogP contribution in [0.15, 0.2) is 12.7 Å². The Labute approximate surface area is 56.1 Å². The lowest BCUT2D eigenvalue weighted by atomic mass is 10.3. The van der Waals surface area contributed by atoms with Crippen molar-refractivity contribution in [1.82, 2.24) is 0 Å². The van der Waals surface area contributed by atoms with Crippen LogP contribution in [0.1, 0.15) is 19.8 Å². The Balaban J connectivity index is 3.04. The highest BCUT2D eigenvalue weighted by Crippen LogP contribution is 1.97. The molecule has 0 saturated carbocycles. The van der Waals surface area contributed by atoms with Crippen LogP contribution >= 0.6 is 0 Å². The van der Waals surface area contributed by atoms with E-state index >= 15 is 0 Å². The molecule has 9 heavy (non-hydrogen) atoms. The number of aliphatic hydroxyl groups is 1. The highest BCUT2D eigenvalue weighted by molar-refractivity contribution is 4.66. The van der Waals surface area contributed by atoms with Crippen molar-refractivity contribution in [3.05, 3.63) is 12.7 Å². The summed E-state index contributed by atoms with van der Waals surface area (Å²) in [4.78, 5) is 0. The lowest BCUT2D eigenvalue weighted by Gasteiger charge is -2.07. The molecule has 2 heteroatoms. The SMILES string of the molecule is C=CCCC(O)OCC. The van der Waals surface area contributed by atoms with Gasteiger partial charge in [0.1, 0.15) is 0 Å². The summed E-state index contributed by atoms with van der Waals surface area (Å²) in [6.07, 6.45) is 2.62. The van der Waals surface area contributed by atoms with Gasteiger partial charge < -0.3 is 9.84 Å². The molecule has 0 fully saturated rings. The maximum atomic E-state index is 8.91. The molecule has 0 aliphatic carbocycles. The van der Waals surface area contributed by atoms with Gasteiger partial charge in [0.15, 0.2) is 6.29 Å². The number of allylic oxidation sites excluding steroid dienone is 1. The van der Waals surface area contributed by atoms with Crippen LogP contribution < -0.4 is 0 Å². The average Bonchev–Trinajstić information content (AvgIpc) is 1.85. The number of hydrogen-bond acceptors (Lipinski definition) is 2. The Morgan fingerprint density at radius 1 is 1.78 bits per heavy atom. The van der Waals surface area contributed by atoms with E-state index < -0.39 is 6.29 Å². The smallest absolute Gasteiger partial charge is 0.154 e. The summed E-state index contributed by atoms with van der Waals surface area (Å²) in [5.41, 5.74) is 0. The second kappa shape index (κ2) is 5.79. The van der Waals surface area contributed by atoms with Crippen LogP contribution in [-0.2, 0) is 4.74 Å². The van der Waals surface area contributed by atoms with Crippen LogP contribution in [0.25, 0.3) is 0 Å². The summed E-state index contributed by atoms with van der Waals surface area (Å²) in [6.45, 7) is 5.95. The van der Waals surface area contributed by atoms with Gasteiger partial charge in [-0.15, -0.1) is 6.58 Å². The predicted octanol–water partition coefficient (Wildman–Crippen LogP) is 1.31. The van der Waals surface area contributed by atoms with Gasteiger partial charge in [0.25, 0.3) is 0 Å². The lowest BCUT2D eigenvalue weighted by Crippen LogP contribution is -2.10. The molecule has 1 unspecified atom stereocenters. The zero-order chi connectivity index (χ0) is 7.11. The Kier molecular flexibility index (Phi) is 5.57. The molecule has 0 aliphatic heterocycles. The van der Waals surface area contributed by atoms with E-state index in [1.54, 1.807) is 6.08 Å². The van der Waals surface area contributed by atoms with E-state index in [9.17, 15) is 0 Å². The standard InChI is InChI=1S/C7H14O2/c1-3-5-6-7(8)9-4-2/h3,7-8H,1,4-6H2,2H3. The molecule has 0 radical (unpaired) electrons. The van der Waals surface area contributed by atoms with E-state index in [1.807, 2.05) is 6.92 Å². The zero-order valence-corrected chi connectivity index (χ0v) is 5.84. The molecule has 0 bridgehead atoms. The first-order chi connectivity index (χ1) is 4.31. The molecule has 0 saturated heterocycles. The Bertz CT molecular complexity index is 71.3. The highest BCUT2D eigenvalue weighted by Gasteiger charge is 1.98. The molecule has 0 aliphatic rings. The van der Waals surface area contributed by atoms with E-state index in [2.05, 4.69) is 6.58 Å². The minimum absolute atomic E-state index is 0.568. The van der Waals surface area contributed by atoms with Gasteiger partial charge in [-0.25, -0.2) is 0 Å². The quantitative estimate of drug-likeness (QED) is 0.449. The first-order valence-corrected chi connectivity index (χ1v) is 3.21. The zero-order valence-electron chi connectivity index (χ0n) is 5.84. The van der Waals surface area contributed by atoms with Crippen molar-refractivity contribution in [3.63, 3.8) is 0 Å². The third kappa shape index (κ3) is 5.53. The topological polar surface area (TPSA) is 29.5 Å². The molecule has 0 aromatic rings. The van der Waals surface area contributed by atoms with Gasteiger partial charge in [0.2, 0.25) is 0 Å². The van der Waals surface area contributed by atoms with Crippen LogP contribution in [0.2, 0.25) is 0 Å². The van der Waals surface area contributed by atoms with E-state index in [-0.39, 0.29) is 0 Å². The monoisotopic (exact) mass is 130 g/mol. The molecule has 54 valence electrons. The van der Waals surface area contributed by atoms with Crippen molar-refractivity contribution in [2.75, 3.05) is 6.61 Å². The largest absolute Gasteiger partial charge is 0.368 e. The third-order valence-corrected chi connectivity index (χ3v) is 0.977. The van der Waals surface area contributed by atoms with Crippen LogP contribution in [0, 0.1) is 0 Å². The van der Waals surface area contributed by atoms with E-state index in [0.717, 1.165) is 6.42 Å². The lowest BCUT2D eigenvalue weighted by molar-refractivity contribution is -0.0976. The van der Waals surface area contributed by atoms with E-state index in [4.69, 9.17) is 9.84 Å². The molecule has 0 spiro atoms. The molecule has 0 aromatic carbocycles. The summed E-state index contributed by atoms with van der Waals surface area (Å²) in [6, 6.07) is 0. The fourth-order valence-corrected chi connectivity index (χ4v) is 0.536.